The summed E-state index contributed by atoms with van der Waals surface area (Å²) in [7, 11) is 6.12. The lowest BCUT2D eigenvalue weighted by atomic mass is 9.96. The monoisotopic (exact) mass is 544 g/mol. The van der Waals surface area contributed by atoms with Gasteiger partial charge in [-0.3, -0.25) is 14.2 Å². The molecular weight excluding hydrogens is 504 g/mol. The number of nitrogens with one attached hydrogen (secondary N) is 1. The number of piperazine rings is 1. The minimum Gasteiger partial charge on any atom is -0.369 e. The van der Waals surface area contributed by atoms with Gasteiger partial charge in [-0.1, -0.05) is 6.08 Å². The van der Waals surface area contributed by atoms with Crippen LogP contribution in [0.4, 0.5) is 17.3 Å². The van der Waals surface area contributed by atoms with Crippen LogP contribution in [0.1, 0.15) is 13.3 Å². The number of aromatic nitrogens is 3. The first-order valence-corrected chi connectivity index (χ1v) is 14.1. The van der Waals surface area contributed by atoms with E-state index >= 15 is 0 Å². The van der Waals surface area contributed by atoms with E-state index in [0.717, 1.165) is 56.8 Å². The summed E-state index contributed by atoms with van der Waals surface area (Å²) < 4.78 is 1.72. The SMILES string of the molecule is C[C@H]1CN(c2ccc(Nc3ncc4ccc(=O)n(CCC5CN(C(=O)/C=C/CN(C)C)C5)c4n3)cc2)CCN1C. The second-order valence-corrected chi connectivity index (χ2v) is 11.3. The zero-order valence-corrected chi connectivity index (χ0v) is 24.0. The molecule has 0 radical (unpaired) electrons. The van der Waals surface area contributed by atoms with Crippen LogP contribution in [0.15, 0.2) is 59.5 Å². The van der Waals surface area contributed by atoms with Gasteiger partial charge >= 0.3 is 0 Å². The van der Waals surface area contributed by atoms with E-state index in [-0.39, 0.29) is 11.5 Å². The third kappa shape index (κ3) is 6.51. The van der Waals surface area contributed by atoms with E-state index in [9.17, 15) is 9.59 Å². The molecule has 1 aromatic carbocycles. The summed E-state index contributed by atoms with van der Waals surface area (Å²) in [6.45, 7) is 8.07. The Morgan fingerprint density at radius 3 is 2.60 bits per heavy atom. The van der Waals surface area contributed by atoms with Crippen LogP contribution in [-0.2, 0) is 11.3 Å². The normalized spacial score (nSPS) is 18.6. The lowest BCUT2D eigenvalue weighted by Gasteiger charge is -2.39. The van der Waals surface area contributed by atoms with Gasteiger partial charge < -0.3 is 24.9 Å². The molecule has 40 heavy (non-hydrogen) atoms. The maximum Gasteiger partial charge on any atom is 0.252 e. The molecule has 1 N–H and O–H groups in total. The van der Waals surface area contributed by atoms with Crippen LogP contribution in [0.3, 0.4) is 0 Å². The summed E-state index contributed by atoms with van der Waals surface area (Å²) in [6, 6.07) is 12.2. The first-order chi connectivity index (χ1) is 19.3. The van der Waals surface area contributed by atoms with Crippen molar-refractivity contribution in [2.75, 3.05) is 70.6 Å². The quantitative estimate of drug-likeness (QED) is 0.412. The summed E-state index contributed by atoms with van der Waals surface area (Å²) in [5.41, 5.74) is 2.64. The molecule has 2 fully saturated rings. The standard InChI is InChI=1S/C30H40N8O2/c1-22-19-36(17-16-35(22)4)26-10-8-25(9-11-26)32-30-31-18-24-7-12-28(40)38(29(24)33-30)15-13-23-20-37(21-23)27(39)6-5-14-34(2)3/h5-12,18,22-23H,13-17,19-21H2,1-4H3,(H,31,32,33)/b6-5+/t22-/m0/s1. The van der Waals surface area contributed by atoms with Gasteiger partial charge in [-0.15, -0.1) is 0 Å². The molecule has 10 nitrogen and oxygen atoms in total. The van der Waals surface area contributed by atoms with Gasteiger partial charge in [0, 0.05) is 87.0 Å². The smallest absolute Gasteiger partial charge is 0.252 e. The van der Waals surface area contributed by atoms with Crippen LogP contribution in [0, 0.1) is 5.92 Å². The van der Waals surface area contributed by atoms with Crippen molar-refractivity contribution in [3.8, 4) is 0 Å². The van der Waals surface area contributed by atoms with Crippen LogP contribution in [-0.4, -0.2) is 102 Å². The Balaban J connectivity index is 1.21. The number of carbonyl (C=O) groups excluding carboxylic acids is 1. The van der Waals surface area contributed by atoms with Crippen LogP contribution < -0.4 is 15.8 Å². The molecule has 0 saturated carbocycles. The van der Waals surface area contributed by atoms with Gasteiger partial charge in [-0.05, 0) is 70.7 Å². The molecule has 2 aliphatic heterocycles. The molecule has 5 rings (SSSR count). The summed E-state index contributed by atoms with van der Waals surface area (Å²) >= 11 is 0. The molecule has 10 heteroatoms. The first kappa shape index (κ1) is 27.8. The predicted octanol–water partition coefficient (Wildman–Crippen LogP) is 2.64. The Kier molecular flexibility index (Phi) is 8.46. The van der Waals surface area contributed by atoms with Crippen molar-refractivity contribution < 1.29 is 4.79 Å². The van der Waals surface area contributed by atoms with Crippen molar-refractivity contribution in [1.82, 2.24) is 29.2 Å². The molecule has 0 unspecified atom stereocenters. The molecule has 1 amide bonds. The number of nitrogens with zero attached hydrogens (tertiary/aromatic N) is 7. The van der Waals surface area contributed by atoms with Gasteiger partial charge in [0.15, 0.2) is 0 Å². The van der Waals surface area contributed by atoms with Crippen LogP contribution in [0.25, 0.3) is 11.0 Å². The number of fused-ring (bicyclic) bond motifs is 1. The Labute approximate surface area is 235 Å². The fourth-order valence-corrected chi connectivity index (χ4v) is 5.23. The second-order valence-electron chi connectivity index (χ2n) is 11.3. The molecule has 4 heterocycles. The zero-order valence-electron chi connectivity index (χ0n) is 24.0. The largest absolute Gasteiger partial charge is 0.369 e. The van der Waals surface area contributed by atoms with Crippen molar-refractivity contribution in [2.45, 2.75) is 25.9 Å². The molecule has 3 aromatic rings. The number of likely N-dealkylation sites (tertiary alicyclic amines) is 1. The van der Waals surface area contributed by atoms with Crippen molar-refractivity contribution in [3.63, 3.8) is 0 Å². The molecule has 0 spiro atoms. The zero-order chi connectivity index (χ0) is 28.2. The van der Waals surface area contributed by atoms with E-state index in [2.05, 4.69) is 46.2 Å². The highest BCUT2D eigenvalue weighted by Gasteiger charge is 2.29. The Bertz CT molecular complexity index is 1410. The highest BCUT2D eigenvalue weighted by molar-refractivity contribution is 5.88. The molecule has 0 bridgehead atoms. The number of aryl methyl sites for hydroxylation is 1. The highest BCUT2D eigenvalue weighted by Crippen LogP contribution is 2.24. The first-order valence-electron chi connectivity index (χ1n) is 14.1. The van der Waals surface area contributed by atoms with Crippen molar-refractivity contribution in [3.05, 3.63) is 65.1 Å². The molecule has 1 atom stereocenters. The summed E-state index contributed by atoms with van der Waals surface area (Å²) in [6.07, 6.45) is 6.10. The van der Waals surface area contributed by atoms with Crippen LogP contribution in [0.5, 0.6) is 0 Å². The van der Waals surface area contributed by atoms with E-state index in [1.165, 1.54) is 5.69 Å². The van der Waals surface area contributed by atoms with Gasteiger partial charge in [-0.25, -0.2) is 4.98 Å². The lowest BCUT2D eigenvalue weighted by Crippen LogP contribution is -2.50. The van der Waals surface area contributed by atoms with E-state index in [1.54, 1.807) is 29.0 Å². The van der Waals surface area contributed by atoms with Crippen molar-refractivity contribution in [1.29, 1.82) is 0 Å². The van der Waals surface area contributed by atoms with E-state index in [1.807, 2.05) is 42.1 Å². The fraction of sp³-hybridized carbons (Fsp3) is 0.467. The molecule has 2 saturated heterocycles. The summed E-state index contributed by atoms with van der Waals surface area (Å²) in [5.74, 6) is 0.877. The van der Waals surface area contributed by atoms with Gasteiger partial charge in [0.25, 0.3) is 5.56 Å². The Hall–Kier alpha value is -3.76. The van der Waals surface area contributed by atoms with Gasteiger partial charge in [-0.2, -0.15) is 4.98 Å². The maximum atomic E-state index is 12.8. The molecule has 212 valence electrons. The van der Waals surface area contributed by atoms with Crippen LogP contribution in [0.2, 0.25) is 0 Å². The number of hydrogen-bond acceptors (Lipinski definition) is 8. The van der Waals surface area contributed by atoms with Gasteiger partial charge in [0.2, 0.25) is 11.9 Å². The number of amides is 1. The number of anilines is 3. The third-order valence-electron chi connectivity index (χ3n) is 7.93. The molecular formula is C30H40N8O2. The minimum absolute atomic E-state index is 0.0509. The molecule has 2 aromatic heterocycles. The number of pyridine rings is 1. The fourth-order valence-electron chi connectivity index (χ4n) is 5.23. The maximum absolute atomic E-state index is 12.8. The van der Waals surface area contributed by atoms with E-state index < -0.39 is 0 Å². The van der Waals surface area contributed by atoms with E-state index in [4.69, 9.17) is 4.98 Å². The Morgan fingerprint density at radius 2 is 1.88 bits per heavy atom. The number of likely N-dealkylation sites (N-methyl/N-ethyl adjacent to an activating group) is 2. The number of benzene rings is 1. The van der Waals surface area contributed by atoms with Gasteiger partial charge in [0.05, 0.1) is 0 Å². The van der Waals surface area contributed by atoms with E-state index in [0.29, 0.717) is 30.1 Å². The highest BCUT2D eigenvalue weighted by atomic mass is 16.2. The molecule has 0 aliphatic carbocycles. The average molecular weight is 545 g/mol. The Morgan fingerprint density at radius 1 is 1.10 bits per heavy atom. The summed E-state index contributed by atoms with van der Waals surface area (Å²) in [4.78, 5) is 43.0. The number of rotatable bonds is 9. The number of hydrogen-bond donors (Lipinski definition) is 1. The predicted molar refractivity (Wildman–Crippen MR) is 160 cm³/mol. The van der Waals surface area contributed by atoms with Crippen molar-refractivity contribution in [2.24, 2.45) is 5.92 Å². The topological polar surface area (TPSA) is 89.8 Å². The molecule has 2 aliphatic rings. The number of carbonyl (C=O) groups is 1. The van der Waals surface area contributed by atoms with Crippen LogP contribution >= 0.6 is 0 Å². The minimum atomic E-state index is -0.0817. The van der Waals surface area contributed by atoms with Crippen molar-refractivity contribution >= 4 is 34.3 Å². The second kappa shape index (κ2) is 12.2. The third-order valence-corrected chi connectivity index (χ3v) is 7.93. The summed E-state index contributed by atoms with van der Waals surface area (Å²) in [5, 5.41) is 4.12. The lowest BCUT2D eigenvalue weighted by molar-refractivity contribution is -0.132. The average Bonchev–Trinajstić information content (AvgIpc) is 2.90. The van der Waals surface area contributed by atoms with Gasteiger partial charge in [0.1, 0.15) is 5.65 Å².